The standard InChI is InChI=1S/C28H26F3N3O4/c1-14(2)24(32-27(37)25(35)16-10-18(30)12-19(31)11-16)26(36)33-34-23-7-5-4-6-21(23)20-9-8-17(29)13-22(20)15(3)28(34)38/h4-15,24-25,35H,1-3H3,(H,32,37)(H,33,36)/t15?,24-,25-/m0/s1. The first kappa shape index (κ1) is 26.9. The minimum Gasteiger partial charge on any atom is -0.378 e. The van der Waals surface area contributed by atoms with Crippen molar-refractivity contribution in [3.05, 3.63) is 89.2 Å². The van der Waals surface area contributed by atoms with Crippen molar-refractivity contribution < 1.29 is 32.7 Å². The van der Waals surface area contributed by atoms with Crippen LogP contribution in [0, 0.1) is 23.4 Å². The first-order chi connectivity index (χ1) is 18.0. The summed E-state index contributed by atoms with van der Waals surface area (Å²) < 4.78 is 41.2. The highest BCUT2D eigenvalue weighted by Gasteiger charge is 2.35. The second kappa shape index (κ2) is 10.7. The van der Waals surface area contributed by atoms with E-state index in [-0.39, 0.29) is 5.56 Å². The second-order valence-electron chi connectivity index (χ2n) is 9.46. The van der Waals surface area contributed by atoms with Gasteiger partial charge in [0, 0.05) is 11.6 Å². The number of benzene rings is 3. The lowest BCUT2D eigenvalue weighted by atomic mass is 9.92. The molecule has 3 aromatic carbocycles. The van der Waals surface area contributed by atoms with E-state index in [4.69, 9.17) is 0 Å². The largest absolute Gasteiger partial charge is 0.378 e. The zero-order valence-electron chi connectivity index (χ0n) is 20.8. The van der Waals surface area contributed by atoms with Gasteiger partial charge in [0.25, 0.3) is 17.7 Å². The number of rotatable bonds is 6. The number of carbonyl (C=O) groups is 3. The van der Waals surface area contributed by atoms with Gasteiger partial charge < -0.3 is 10.4 Å². The normalized spacial score (nSPS) is 16.3. The summed E-state index contributed by atoms with van der Waals surface area (Å²) in [6, 6.07) is 12.0. The monoisotopic (exact) mass is 525 g/mol. The maximum atomic E-state index is 14.1. The van der Waals surface area contributed by atoms with Crippen molar-refractivity contribution in [2.45, 2.75) is 38.8 Å². The van der Waals surface area contributed by atoms with Gasteiger partial charge in [0.05, 0.1) is 11.6 Å². The van der Waals surface area contributed by atoms with Crippen LogP contribution in [0.4, 0.5) is 18.9 Å². The Bertz CT molecular complexity index is 1390. The van der Waals surface area contributed by atoms with Crippen LogP contribution in [0.5, 0.6) is 0 Å². The highest BCUT2D eigenvalue weighted by molar-refractivity contribution is 6.07. The van der Waals surface area contributed by atoms with E-state index in [9.17, 15) is 32.7 Å². The molecule has 198 valence electrons. The lowest BCUT2D eigenvalue weighted by Crippen LogP contribution is -2.57. The van der Waals surface area contributed by atoms with Crippen molar-refractivity contribution in [1.29, 1.82) is 0 Å². The number of nitrogens with one attached hydrogen (secondary N) is 2. The summed E-state index contributed by atoms with van der Waals surface area (Å²) in [5.41, 5.74) is 4.28. The van der Waals surface area contributed by atoms with Crippen molar-refractivity contribution >= 4 is 23.4 Å². The average Bonchev–Trinajstić information content (AvgIpc) is 2.95. The van der Waals surface area contributed by atoms with E-state index >= 15 is 0 Å². The predicted molar refractivity (Wildman–Crippen MR) is 134 cm³/mol. The molecular formula is C28H26F3N3O4. The van der Waals surface area contributed by atoms with Crippen LogP contribution in [0.3, 0.4) is 0 Å². The quantitative estimate of drug-likeness (QED) is 0.451. The van der Waals surface area contributed by atoms with E-state index in [1.807, 2.05) is 0 Å². The highest BCUT2D eigenvalue weighted by Crippen LogP contribution is 2.40. The molecule has 38 heavy (non-hydrogen) atoms. The van der Waals surface area contributed by atoms with Gasteiger partial charge >= 0.3 is 0 Å². The van der Waals surface area contributed by atoms with Crippen molar-refractivity contribution in [3.63, 3.8) is 0 Å². The third kappa shape index (κ3) is 5.26. The fraction of sp³-hybridized carbons (Fsp3) is 0.250. The van der Waals surface area contributed by atoms with E-state index in [2.05, 4.69) is 10.7 Å². The van der Waals surface area contributed by atoms with Gasteiger partial charge in [0.15, 0.2) is 6.10 Å². The molecule has 0 radical (unpaired) electrons. The van der Waals surface area contributed by atoms with E-state index in [1.165, 1.54) is 12.1 Å². The predicted octanol–water partition coefficient (Wildman–Crippen LogP) is 4.13. The first-order valence-electron chi connectivity index (χ1n) is 12.0. The number of aliphatic hydroxyl groups excluding tert-OH is 1. The smallest absolute Gasteiger partial charge is 0.261 e. The molecule has 3 atom stereocenters. The number of hydrogen-bond acceptors (Lipinski definition) is 4. The number of fused-ring (bicyclic) bond motifs is 3. The zero-order valence-corrected chi connectivity index (χ0v) is 20.8. The molecule has 0 fully saturated rings. The summed E-state index contributed by atoms with van der Waals surface area (Å²) in [6.45, 7) is 4.87. The molecule has 0 bridgehead atoms. The van der Waals surface area contributed by atoms with E-state index in [0.29, 0.717) is 28.4 Å². The molecule has 3 N–H and O–H groups in total. The van der Waals surface area contributed by atoms with Crippen LogP contribution in [-0.2, 0) is 14.4 Å². The van der Waals surface area contributed by atoms with Crippen molar-refractivity contribution in [2.24, 2.45) is 5.92 Å². The number of hydrazine groups is 1. The van der Waals surface area contributed by atoms with Gasteiger partial charge in [0.2, 0.25) is 0 Å². The molecule has 0 aromatic heterocycles. The Hall–Kier alpha value is -4.18. The van der Waals surface area contributed by atoms with Crippen molar-refractivity contribution in [2.75, 3.05) is 5.01 Å². The Morgan fingerprint density at radius 2 is 1.55 bits per heavy atom. The van der Waals surface area contributed by atoms with Crippen molar-refractivity contribution in [3.8, 4) is 11.1 Å². The molecule has 0 spiro atoms. The SMILES string of the molecule is CC1C(=O)N(NC(=O)[C@@H](NC(=O)[C@@H](O)c2cc(F)cc(F)c2)C(C)C)c2ccccc2-c2ccc(F)cc21. The number of carbonyl (C=O) groups excluding carboxylic acids is 3. The Morgan fingerprint density at radius 3 is 2.21 bits per heavy atom. The number of halogens is 3. The molecule has 0 saturated carbocycles. The summed E-state index contributed by atoms with van der Waals surface area (Å²) in [4.78, 5) is 39.6. The molecular weight excluding hydrogens is 499 g/mol. The maximum absolute atomic E-state index is 14.1. The Balaban J connectivity index is 1.61. The number of nitrogens with zero attached hydrogens (tertiary/aromatic N) is 1. The number of anilines is 1. The van der Waals surface area contributed by atoms with Crippen molar-refractivity contribution in [1.82, 2.24) is 10.7 Å². The number of aliphatic hydroxyl groups is 1. The summed E-state index contributed by atoms with van der Waals surface area (Å²) in [5, 5.41) is 13.8. The van der Waals surface area contributed by atoms with E-state index in [0.717, 1.165) is 17.1 Å². The molecule has 7 nitrogen and oxygen atoms in total. The number of amides is 3. The summed E-state index contributed by atoms with van der Waals surface area (Å²) in [5.74, 6) is -6.11. The highest BCUT2D eigenvalue weighted by atomic mass is 19.1. The Morgan fingerprint density at radius 1 is 0.895 bits per heavy atom. The van der Waals surface area contributed by atoms with Gasteiger partial charge in [-0.25, -0.2) is 18.2 Å². The lowest BCUT2D eigenvalue weighted by molar-refractivity contribution is -0.135. The average molecular weight is 526 g/mol. The number of para-hydroxylation sites is 1. The third-order valence-corrected chi connectivity index (χ3v) is 6.42. The minimum absolute atomic E-state index is 0.321. The molecule has 3 amide bonds. The molecule has 4 rings (SSSR count). The molecule has 1 aliphatic rings. The Kier molecular flexibility index (Phi) is 7.54. The van der Waals surface area contributed by atoms with Gasteiger partial charge in [0.1, 0.15) is 23.5 Å². The molecule has 1 aliphatic heterocycles. The molecule has 1 heterocycles. The number of hydrogen-bond donors (Lipinski definition) is 3. The molecule has 0 saturated heterocycles. The minimum atomic E-state index is -1.95. The molecule has 3 aromatic rings. The maximum Gasteiger partial charge on any atom is 0.261 e. The Labute approximate surface area is 217 Å². The van der Waals surface area contributed by atoms with Crippen LogP contribution in [0.2, 0.25) is 0 Å². The summed E-state index contributed by atoms with van der Waals surface area (Å²) >= 11 is 0. The van der Waals surface area contributed by atoms with E-state index in [1.54, 1.807) is 51.1 Å². The summed E-state index contributed by atoms with van der Waals surface area (Å²) in [6.07, 6.45) is -1.95. The van der Waals surface area contributed by atoms with Gasteiger partial charge in [-0.2, -0.15) is 0 Å². The fourth-order valence-electron chi connectivity index (χ4n) is 4.43. The van der Waals surface area contributed by atoms with Crippen LogP contribution < -0.4 is 15.8 Å². The van der Waals surface area contributed by atoms with Crippen LogP contribution in [0.15, 0.2) is 60.7 Å². The second-order valence-corrected chi connectivity index (χ2v) is 9.46. The topological polar surface area (TPSA) is 98.7 Å². The third-order valence-electron chi connectivity index (χ3n) is 6.42. The fourth-order valence-corrected chi connectivity index (χ4v) is 4.43. The van der Waals surface area contributed by atoms with Gasteiger partial charge in [-0.05, 0) is 59.9 Å². The zero-order chi connectivity index (χ0) is 27.7. The van der Waals surface area contributed by atoms with Crippen LogP contribution in [0.25, 0.3) is 11.1 Å². The van der Waals surface area contributed by atoms with Crippen LogP contribution in [0.1, 0.15) is 43.9 Å². The van der Waals surface area contributed by atoms with Crippen LogP contribution in [-0.4, -0.2) is 28.9 Å². The van der Waals surface area contributed by atoms with Gasteiger partial charge in [-0.1, -0.05) is 38.1 Å². The molecule has 0 aliphatic carbocycles. The lowest BCUT2D eigenvalue weighted by Gasteiger charge is -2.29. The van der Waals surface area contributed by atoms with Gasteiger partial charge in [-0.15, -0.1) is 0 Å². The molecule has 10 heteroatoms. The van der Waals surface area contributed by atoms with Crippen LogP contribution >= 0.6 is 0 Å². The van der Waals surface area contributed by atoms with E-state index < -0.39 is 59.2 Å². The molecule has 1 unspecified atom stereocenters. The summed E-state index contributed by atoms with van der Waals surface area (Å²) in [7, 11) is 0. The first-order valence-corrected chi connectivity index (χ1v) is 12.0. The van der Waals surface area contributed by atoms with Gasteiger partial charge in [-0.3, -0.25) is 19.8 Å².